The summed E-state index contributed by atoms with van der Waals surface area (Å²) >= 11 is 0. The quantitative estimate of drug-likeness (QED) is 0.417. The number of carbonyl (C=O) groups excluding carboxylic acids is 2. The lowest BCUT2D eigenvalue weighted by Crippen LogP contribution is -2.64. The third-order valence-electron chi connectivity index (χ3n) is 6.73. The van der Waals surface area contributed by atoms with Crippen molar-refractivity contribution in [2.75, 3.05) is 14.1 Å². The van der Waals surface area contributed by atoms with Gasteiger partial charge in [-0.1, -0.05) is 30.3 Å². The number of likely N-dealkylation sites (N-methyl/N-ethyl adjacent to an activating group) is 2. The molecule has 1 atom stereocenters. The number of hydrogen-bond donors (Lipinski definition) is 0. The first-order valence-corrected chi connectivity index (χ1v) is 11.3. The second-order valence-electron chi connectivity index (χ2n) is 9.02. The molecule has 1 saturated heterocycles. The summed E-state index contributed by atoms with van der Waals surface area (Å²) in [5.74, 6) is -0.704. The summed E-state index contributed by atoms with van der Waals surface area (Å²) in [6.45, 7) is 1.80. The van der Waals surface area contributed by atoms with E-state index in [1.807, 2.05) is 59.3 Å². The third kappa shape index (κ3) is 3.89. The van der Waals surface area contributed by atoms with Crippen molar-refractivity contribution < 1.29 is 14.0 Å². The summed E-state index contributed by atoms with van der Waals surface area (Å²) in [5.41, 5.74) is 3.06. The first kappa shape index (κ1) is 22.5. The van der Waals surface area contributed by atoms with Crippen LogP contribution in [0.4, 0.5) is 4.39 Å². The number of pyridine rings is 1. The molecule has 2 amide bonds. The van der Waals surface area contributed by atoms with E-state index in [2.05, 4.69) is 0 Å². The minimum atomic E-state index is -1.00. The number of halogens is 1. The Morgan fingerprint density at radius 1 is 0.971 bits per heavy atom. The molecule has 0 N–H and O–H groups in total. The van der Waals surface area contributed by atoms with E-state index in [1.54, 1.807) is 39.2 Å². The van der Waals surface area contributed by atoms with Crippen LogP contribution in [0.2, 0.25) is 0 Å². The molecule has 6 nitrogen and oxygen atoms in total. The lowest BCUT2D eigenvalue weighted by atomic mass is 9.87. The minimum absolute atomic E-state index is 0.156. The molecular formula is C28H25FN4O2. The average molecular weight is 469 g/mol. The highest BCUT2D eigenvalue weighted by molar-refractivity contribution is 6.09. The van der Waals surface area contributed by atoms with Crippen molar-refractivity contribution in [2.45, 2.75) is 18.9 Å². The van der Waals surface area contributed by atoms with Gasteiger partial charge in [-0.25, -0.2) is 9.37 Å². The summed E-state index contributed by atoms with van der Waals surface area (Å²) in [4.78, 5) is 34.7. The van der Waals surface area contributed by atoms with Gasteiger partial charge in [-0.05, 0) is 55.0 Å². The molecule has 2 aromatic heterocycles. The van der Waals surface area contributed by atoms with E-state index in [0.717, 1.165) is 11.1 Å². The van der Waals surface area contributed by atoms with Gasteiger partial charge in [0.1, 0.15) is 22.7 Å². The Balaban J connectivity index is 1.52. The monoisotopic (exact) mass is 468 g/mol. The molecule has 0 spiro atoms. The fraction of sp³-hybridized carbons (Fsp3) is 0.179. The van der Waals surface area contributed by atoms with E-state index in [1.165, 1.54) is 21.9 Å². The number of hydrogen-bond acceptors (Lipinski definition) is 3. The van der Waals surface area contributed by atoms with Gasteiger partial charge in [-0.3, -0.25) is 9.59 Å². The molecular weight excluding hydrogens is 443 g/mol. The highest BCUT2D eigenvalue weighted by Crippen LogP contribution is 2.32. The minimum Gasteiger partial charge on any atom is -0.326 e. The maximum atomic E-state index is 13.5. The van der Waals surface area contributed by atoms with E-state index in [9.17, 15) is 14.0 Å². The molecule has 2 aromatic carbocycles. The molecule has 1 aliphatic heterocycles. The number of carbonyl (C=O) groups is 2. The summed E-state index contributed by atoms with van der Waals surface area (Å²) in [5, 5.41) is 0. The molecule has 1 unspecified atom stereocenters. The summed E-state index contributed by atoms with van der Waals surface area (Å²) in [6, 6.07) is 19.5. The number of rotatable bonds is 4. The summed E-state index contributed by atoms with van der Waals surface area (Å²) in [6.07, 6.45) is 5.84. The number of benzene rings is 2. The van der Waals surface area contributed by atoms with Crippen LogP contribution in [0.3, 0.4) is 0 Å². The zero-order valence-corrected chi connectivity index (χ0v) is 19.8. The van der Waals surface area contributed by atoms with E-state index < -0.39 is 5.54 Å². The van der Waals surface area contributed by atoms with Crippen molar-refractivity contribution in [2.24, 2.45) is 0 Å². The standard InChI is InChI=1S/C28H25FN4O2/c1-28(17-19-8-5-4-6-9-19)27(35)31(2)24(26(34)32(28)3)16-21-10-7-15-33-18-23(30-25(21)33)20-11-13-22(29)14-12-20/h4-16,18H,17H2,1-3H3/b24-16-. The van der Waals surface area contributed by atoms with Crippen molar-refractivity contribution in [1.29, 1.82) is 0 Å². The zero-order valence-electron chi connectivity index (χ0n) is 19.8. The predicted molar refractivity (Wildman–Crippen MR) is 133 cm³/mol. The SMILES string of the molecule is CN1C(=O)C(C)(Cc2ccccc2)N(C)C(=O)/C1=C/c1cccn2cc(-c3ccc(F)cc3)nc12. The molecule has 1 aliphatic rings. The second-order valence-corrected chi connectivity index (χ2v) is 9.02. The lowest BCUT2D eigenvalue weighted by Gasteiger charge is -2.45. The number of piperazine rings is 1. The zero-order chi connectivity index (χ0) is 24.7. The Morgan fingerprint density at radius 2 is 1.69 bits per heavy atom. The number of imidazole rings is 1. The Labute approximate surface area is 202 Å². The van der Waals surface area contributed by atoms with Crippen molar-refractivity contribution in [3.63, 3.8) is 0 Å². The molecule has 176 valence electrons. The van der Waals surface area contributed by atoms with Crippen LogP contribution in [-0.2, 0) is 16.0 Å². The van der Waals surface area contributed by atoms with Gasteiger partial charge in [-0.15, -0.1) is 0 Å². The molecule has 0 aliphatic carbocycles. The molecule has 5 rings (SSSR count). The smallest absolute Gasteiger partial charge is 0.271 e. The van der Waals surface area contributed by atoms with Crippen molar-refractivity contribution in [3.8, 4) is 11.3 Å². The second kappa shape index (κ2) is 8.51. The third-order valence-corrected chi connectivity index (χ3v) is 6.73. The van der Waals surface area contributed by atoms with Gasteiger partial charge in [0.25, 0.3) is 11.8 Å². The van der Waals surface area contributed by atoms with Gasteiger partial charge in [0.2, 0.25) is 0 Å². The Bertz CT molecular complexity index is 1460. The van der Waals surface area contributed by atoms with Gasteiger partial charge in [-0.2, -0.15) is 0 Å². The van der Waals surface area contributed by atoms with Crippen LogP contribution in [0.1, 0.15) is 18.1 Å². The van der Waals surface area contributed by atoms with E-state index in [0.29, 0.717) is 23.3 Å². The molecule has 3 heterocycles. The Morgan fingerprint density at radius 3 is 2.40 bits per heavy atom. The van der Waals surface area contributed by atoms with Crippen LogP contribution < -0.4 is 0 Å². The Hall–Kier alpha value is -4.26. The van der Waals surface area contributed by atoms with E-state index >= 15 is 0 Å². The first-order chi connectivity index (χ1) is 16.8. The van der Waals surface area contributed by atoms with Crippen molar-refractivity contribution in [3.05, 3.63) is 102 Å². The van der Waals surface area contributed by atoms with Crippen LogP contribution in [0.5, 0.6) is 0 Å². The molecule has 1 fully saturated rings. The van der Waals surface area contributed by atoms with E-state index in [-0.39, 0.29) is 23.3 Å². The largest absolute Gasteiger partial charge is 0.326 e. The summed E-state index contributed by atoms with van der Waals surface area (Å²) < 4.78 is 15.2. The topological polar surface area (TPSA) is 57.9 Å². The van der Waals surface area contributed by atoms with Gasteiger partial charge < -0.3 is 14.2 Å². The first-order valence-electron chi connectivity index (χ1n) is 11.3. The van der Waals surface area contributed by atoms with Gasteiger partial charge in [0, 0.05) is 44.0 Å². The Kier molecular flexibility index (Phi) is 5.47. The van der Waals surface area contributed by atoms with Crippen molar-refractivity contribution in [1.82, 2.24) is 19.2 Å². The van der Waals surface area contributed by atoms with Crippen LogP contribution in [0.25, 0.3) is 23.0 Å². The number of aromatic nitrogens is 2. The van der Waals surface area contributed by atoms with Crippen LogP contribution in [0, 0.1) is 5.82 Å². The highest BCUT2D eigenvalue weighted by atomic mass is 19.1. The number of nitrogens with zero attached hydrogens (tertiary/aromatic N) is 4. The molecule has 0 saturated carbocycles. The highest BCUT2D eigenvalue weighted by Gasteiger charge is 2.48. The van der Waals surface area contributed by atoms with Gasteiger partial charge in [0.15, 0.2) is 0 Å². The fourth-order valence-corrected chi connectivity index (χ4v) is 4.55. The maximum Gasteiger partial charge on any atom is 0.271 e. The molecule has 0 bridgehead atoms. The van der Waals surface area contributed by atoms with Gasteiger partial charge >= 0.3 is 0 Å². The molecule has 0 radical (unpaired) electrons. The van der Waals surface area contributed by atoms with Crippen LogP contribution in [-0.4, -0.2) is 50.6 Å². The lowest BCUT2D eigenvalue weighted by molar-refractivity contribution is -0.155. The van der Waals surface area contributed by atoms with Crippen LogP contribution in [0.15, 0.2) is 84.8 Å². The maximum absolute atomic E-state index is 13.5. The number of fused-ring (bicyclic) bond motifs is 1. The predicted octanol–water partition coefficient (Wildman–Crippen LogP) is 4.41. The average Bonchev–Trinajstić information content (AvgIpc) is 3.31. The van der Waals surface area contributed by atoms with E-state index in [4.69, 9.17) is 4.98 Å². The van der Waals surface area contributed by atoms with Gasteiger partial charge in [0.05, 0.1) is 5.69 Å². The molecule has 7 heteroatoms. The van der Waals surface area contributed by atoms with Crippen LogP contribution >= 0.6 is 0 Å². The summed E-state index contributed by atoms with van der Waals surface area (Å²) in [7, 11) is 3.31. The molecule has 4 aromatic rings. The van der Waals surface area contributed by atoms with Crippen molar-refractivity contribution >= 4 is 23.5 Å². The fourth-order valence-electron chi connectivity index (χ4n) is 4.55. The number of amides is 2. The molecule has 35 heavy (non-hydrogen) atoms. The normalized spacial score (nSPS) is 19.7.